The van der Waals surface area contributed by atoms with Crippen LogP contribution in [0.15, 0.2) is 18.2 Å². The summed E-state index contributed by atoms with van der Waals surface area (Å²) in [7, 11) is 0. The molecule has 21 heavy (non-hydrogen) atoms. The maximum atomic E-state index is 12.5. The number of piperazine rings is 1. The molecule has 6 nitrogen and oxygen atoms in total. The second kappa shape index (κ2) is 4.65. The molecule has 0 bridgehead atoms. The van der Waals surface area contributed by atoms with Gasteiger partial charge in [0.05, 0.1) is 0 Å². The lowest BCUT2D eigenvalue weighted by molar-refractivity contribution is -0.135. The van der Waals surface area contributed by atoms with E-state index in [0.717, 1.165) is 12.8 Å². The fourth-order valence-electron chi connectivity index (χ4n) is 2.84. The number of rotatable bonds is 2. The molecule has 110 valence electrons. The fraction of sp³-hybridized carbons (Fsp3) is 0.467. The molecule has 0 spiro atoms. The number of ether oxygens (including phenoxy) is 2. The smallest absolute Gasteiger partial charge is 0.254 e. The van der Waals surface area contributed by atoms with Gasteiger partial charge in [-0.15, -0.1) is 0 Å². The van der Waals surface area contributed by atoms with Crippen LogP contribution in [-0.4, -0.2) is 54.1 Å². The highest BCUT2D eigenvalue weighted by Crippen LogP contribution is 2.33. The Morgan fingerprint density at radius 3 is 2.71 bits per heavy atom. The minimum atomic E-state index is -0.128. The zero-order valence-electron chi connectivity index (χ0n) is 11.6. The molecule has 6 heteroatoms. The van der Waals surface area contributed by atoms with Crippen LogP contribution in [0.4, 0.5) is 0 Å². The maximum absolute atomic E-state index is 12.5. The predicted octanol–water partition coefficient (Wildman–Crippen LogP) is 0.862. The summed E-state index contributed by atoms with van der Waals surface area (Å²) in [6.07, 6.45) is 2.20. The lowest BCUT2D eigenvalue weighted by Gasteiger charge is -2.34. The van der Waals surface area contributed by atoms with Gasteiger partial charge in [-0.1, -0.05) is 0 Å². The van der Waals surface area contributed by atoms with Crippen molar-refractivity contribution in [1.29, 1.82) is 0 Å². The number of benzene rings is 1. The molecule has 0 aromatic heterocycles. The first-order valence-electron chi connectivity index (χ1n) is 7.21. The highest BCUT2D eigenvalue weighted by atomic mass is 16.7. The van der Waals surface area contributed by atoms with Crippen LogP contribution < -0.4 is 9.47 Å². The van der Waals surface area contributed by atoms with Crippen molar-refractivity contribution < 1.29 is 19.1 Å². The molecule has 2 heterocycles. The standard InChI is InChI=1S/C15H16N2O4/c18-14-8-16(5-6-17(14)11-2-3-11)15(19)10-1-4-12-13(7-10)21-9-20-12/h1,4,7,11H,2-3,5-6,8-9H2. The Bertz CT molecular complexity index is 612. The first-order valence-corrected chi connectivity index (χ1v) is 7.21. The van der Waals surface area contributed by atoms with Crippen LogP contribution >= 0.6 is 0 Å². The largest absolute Gasteiger partial charge is 0.454 e. The van der Waals surface area contributed by atoms with E-state index in [1.54, 1.807) is 23.1 Å². The SMILES string of the molecule is O=C(c1ccc2c(c1)OCO2)N1CCN(C2CC2)C(=O)C1. The number of fused-ring (bicyclic) bond motifs is 1. The van der Waals surface area contributed by atoms with E-state index < -0.39 is 0 Å². The summed E-state index contributed by atoms with van der Waals surface area (Å²) in [6, 6.07) is 5.55. The van der Waals surface area contributed by atoms with E-state index in [9.17, 15) is 9.59 Å². The minimum absolute atomic E-state index is 0.0536. The average Bonchev–Trinajstić information content (AvgIpc) is 3.23. The van der Waals surface area contributed by atoms with Gasteiger partial charge in [-0.2, -0.15) is 0 Å². The molecule has 0 N–H and O–H groups in total. The molecule has 1 saturated heterocycles. The third-order valence-electron chi connectivity index (χ3n) is 4.15. The number of carbonyl (C=O) groups is 2. The van der Waals surface area contributed by atoms with Crippen molar-refractivity contribution >= 4 is 11.8 Å². The summed E-state index contributed by atoms with van der Waals surface area (Å²) in [5.41, 5.74) is 0.534. The third-order valence-corrected chi connectivity index (χ3v) is 4.15. The lowest BCUT2D eigenvalue weighted by Crippen LogP contribution is -2.52. The highest BCUT2D eigenvalue weighted by Gasteiger charge is 2.37. The second-order valence-corrected chi connectivity index (χ2v) is 5.61. The summed E-state index contributed by atoms with van der Waals surface area (Å²) in [4.78, 5) is 28.1. The van der Waals surface area contributed by atoms with Crippen LogP contribution in [0.2, 0.25) is 0 Å². The molecule has 0 unspecified atom stereocenters. The van der Waals surface area contributed by atoms with Crippen LogP contribution in [0, 0.1) is 0 Å². The van der Waals surface area contributed by atoms with Gasteiger partial charge < -0.3 is 19.3 Å². The summed E-state index contributed by atoms with van der Waals surface area (Å²) in [6.45, 7) is 1.59. The Morgan fingerprint density at radius 2 is 1.95 bits per heavy atom. The number of hydrogen-bond donors (Lipinski definition) is 0. The van der Waals surface area contributed by atoms with Gasteiger partial charge in [-0.25, -0.2) is 0 Å². The van der Waals surface area contributed by atoms with Gasteiger partial charge in [0.1, 0.15) is 6.54 Å². The fourth-order valence-corrected chi connectivity index (χ4v) is 2.84. The van der Waals surface area contributed by atoms with E-state index in [1.165, 1.54) is 0 Å². The number of amides is 2. The molecular formula is C15H16N2O4. The van der Waals surface area contributed by atoms with Crippen molar-refractivity contribution in [1.82, 2.24) is 9.80 Å². The molecule has 0 radical (unpaired) electrons. The Balaban J connectivity index is 1.49. The van der Waals surface area contributed by atoms with Crippen LogP contribution in [0.25, 0.3) is 0 Å². The van der Waals surface area contributed by atoms with E-state index in [4.69, 9.17) is 9.47 Å². The van der Waals surface area contributed by atoms with Gasteiger partial charge in [0.15, 0.2) is 11.5 Å². The monoisotopic (exact) mass is 288 g/mol. The van der Waals surface area contributed by atoms with Gasteiger partial charge >= 0.3 is 0 Å². The Hall–Kier alpha value is -2.24. The number of nitrogens with zero attached hydrogens (tertiary/aromatic N) is 2. The van der Waals surface area contributed by atoms with Crippen LogP contribution in [-0.2, 0) is 4.79 Å². The van der Waals surface area contributed by atoms with Crippen LogP contribution in [0.5, 0.6) is 11.5 Å². The molecule has 0 atom stereocenters. The quantitative estimate of drug-likeness (QED) is 0.810. The van der Waals surface area contributed by atoms with Gasteiger partial charge in [0, 0.05) is 24.7 Å². The maximum Gasteiger partial charge on any atom is 0.254 e. The molecule has 4 rings (SSSR count). The molecule has 1 aromatic carbocycles. The molecule has 1 aliphatic carbocycles. The average molecular weight is 288 g/mol. The van der Waals surface area contributed by atoms with Gasteiger partial charge in [0.25, 0.3) is 5.91 Å². The van der Waals surface area contributed by atoms with Gasteiger partial charge in [-0.3, -0.25) is 9.59 Å². The zero-order valence-corrected chi connectivity index (χ0v) is 11.6. The number of hydrogen-bond acceptors (Lipinski definition) is 4. The summed E-state index contributed by atoms with van der Waals surface area (Å²) in [5, 5.41) is 0. The van der Waals surface area contributed by atoms with Crippen LogP contribution in [0.3, 0.4) is 0 Å². The Labute approximate surface area is 122 Å². The van der Waals surface area contributed by atoms with Crippen molar-refractivity contribution in [2.45, 2.75) is 18.9 Å². The molecule has 3 aliphatic rings. The van der Waals surface area contributed by atoms with Crippen molar-refractivity contribution in [3.8, 4) is 11.5 Å². The summed E-state index contributed by atoms with van der Waals surface area (Å²) < 4.78 is 10.5. The molecular weight excluding hydrogens is 272 g/mol. The van der Waals surface area contributed by atoms with E-state index in [1.807, 2.05) is 4.90 Å². The molecule has 2 amide bonds. The van der Waals surface area contributed by atoms with Crippen molar-refractivity contribution in [2.24, 2.45) is 0 Å². The topological polar surface area (TPSA) is 59.1 Å². The predicted molar refractivity (Wildman–Crippen MR) is 73.2 cm³/mol. The Kier molecular flexibility index (Phi) is 2.77. The molecule has 1 saturated carbocycles. The molecule has 2 aliphatic heterocycles. The van der Waals surface area contributed by atoms with Crippen molar-refractivity contribution in [3.05, 3.63) is 23.8 Å². The lowest BCUT2D eigenvalue weighted by atomic mass is 10.1. The van der Waals surface area contributed by atoms with E-state index in [2.05, 4.69) is 0 Å². The Morgan fingerprint density at radius 1 is 1.14 bits per heavy atom. The highest BCUT2D eigenvalue weighted by molar-refractivity contribution is 5.97. The van der Waals surface area contributed by atoms with E-state index in [0.29, 0.717) is 36.2 Å². The molecule has 2 fully saturated rings. The number of carbonyl (C=O) groups excluding carboxylic acids is 2. The normalized spacial score (nSPS) is 20.9. The summed E-state index contributed by atoms with van der Waals surface area (Å²) >= 11 is 0. The van der Waals surface area contributed by atoms with Crippen molar-refractivity contribution in [2.75, 3.05) is 26.4 Å². The first-order chi connectivity index (χ1) is 10.2. The van der Waals surface area contributed by atoms with Crippen molar-refractivity contribution in [3.63, 3.8) is 0 Å². The van der Waals surface area contributed by atoms with Gasteiger partial charge in [0.2, 0.25) is 12.7 Å². The van der Waals surface area contributed by atoms with Crippen LogP contribution in [0.1, 0.15) is 23.2 Å². The van der Waals surface area contributed by atoms with E-state index >= 15 is 0 Å². The molecule has 1 aromatic rings. The minimum Gasteiger partial charge on any atom is -0.454 e. The zero-order chi connectivity index (χ0) is 14.4. The summed E-state index contributed by atoms with van der Waals surface area (Å²) in [5.74, 6) is 1.17. The second-order valence-electron chi connectivity index (χ2n) is 5.61. The van der Waals surface area contributed by atoms with E-state index in [-0.39, 0.29) is 25.2 Å². The van der Waals surface area contributed by atoms with Gasteiger partial charge in [-0.05, 0) is 31.0 Å². The first kappa shape index (κ1) is 12.5. The third kappa shape index (κ3) is 2.20.